The van der Waals surface area contributed by atoms with E-state index in [4.69, 9.17) is 0 Å². The third-order valence-electron chi connectivity index (χ3n) is 4.60. The van der Waals surface area contributed by atoms with Gasteiger partial charge in [0.05, 0.1) is 11.0 Å². The highest BCUT2D eigenvalue weighted by molar-refractivity contribution is 5.94. The number of nitrogens with one attached hydrogen (secondary N) is 2. The maximum Gasteiger partial charge on any atom is 0.323 e. The summed E-state index contributed by atoms with van der Waals surface area (Å²) in [5.74, 6) is -2.30. The Morgan fingerprint density at radius 1 is 0.885 bits per heavy atom. The monoisotopic (exact) mass is 358 g/mol. The standard InChI is InChI=1S/C18H16F2N4O2/c19-13-3-1-11(9-14(13)20)17(25)24-7-5-23(6-8-24)12-2-4-15-16(10-12)22-18(26)21-15/h1-4,9-10H,5-8H2,(H2,21,22,26). The lowest BCUT2D eigenvalue weighted by Crippen LogP contribution is -2.48. The number of aromatic amines is 2. The highest BCUT2D eigenvalue weighted by Gasteiger charge is 2.23. The molecule has 134 valence electrons. The Balaban J connectivity index is 1.46. The number of nitrogens with zero attached hydrogens (tertiary/aromatic N) is 2. The van der Waals surface area contributed by atoms with Crippen molar-refractivity contribution in [2.75, 3.05) is 31.1 Å². The second-order valence-corrected chi connectivity index (χ2v) is 6.22. The maximum atomic E-state index is 13.3. The first-order chi connectivity index (χ1) is 12.5. The summed E-state index contributed by atoms with van der Waals surface area (Å²) in [4.78, 5) is 33.0. The average Bonchev–Trinajstić information content (AvgIpc) is 3.02. The topological polar surface area (TPSA) is 72.2 Å². The number of carbonyl (C=O) groups is 1. The number of hydrogen-bond donors (Lipinski definition) is 2. The lowest BCUT2D eigenvalue weighted by Gasteiger charge is -2.36. The number of carbonyl (C=O) groups excluding carboxylic acids is 1. The van der Waals surface area contributed by atoms with Gasteiger partial charge in [0.25, 0.3) is 5.91 Å². The van der Waals surface area contributed by atoms with Gasteiger partial charge in [0, 0.05) is 37.4 Å². The molecule has 26 heavy (non-hydrogen) atoms. The van der Waals surface area contributed by atoms with E-state index in [-0.39, 0.29) is 17.2 Å². The second-order valence-electron chi connectivity index (χ2n) is 6.22. The number of anilines is 1. The van der Waals surface area contributed by atoms with Gasteiger partial charge in [-0.05, 0) is 36.4 Å². The fraction of sp³-hybridized carbons (Fsp3) is 0.222. The highest BCUT2D eigenvalue weighted by Crippen LogP contribution is 2.21. The molecule has 6 nitrogen and oxygen atoms in total. The van der Waals surface area contributed by atoms with Crippen molar-refractivity contribution in [3.8, 4) is 0 Å². The fourth-order valence-corrected chi connectivity index (χ4v) is 3.20. The van der Waals surface area contributed by atoms with Gasteiger partial charge in [-0.25, -0.2) is 13.6 Å². The van der Waals surface area contributed by atoms with E-state index in [1.54, 1.807) is 4.90 Å². The number of fused-ring (bicyclic) bond motifs is 1. The van der Waals surface area contributed by atoms with E-state index in [0.29, 0.717) is 26.2 Å². The minimum Gasteiger partial charge on any atom is -0.368 e. The predicted octanol–water partition coefficient (Wildman–Crippen LogP) is 2.10. The van der Waals surface area contributed by atoms with Crippen LogP contribution < -0.4 is 10.6 Å². The molecule has 0 atom stereocenters. The number of imidazole rings is 1. The summed E-state index contributed by atoms with van der Waals surface area (Å²) in [6, 6.07) is 8.83. The SMILES string of the molecule is O=C(c1ccc(F)c(F)c1)N1CCN(c2ccc3[nH]c(=O)[nH]c3c2)CC1. The Bertz CT molecular complexity index is 1040. The van der Waals surface area contributed by atoms with Crippen LogP contribution in [-0.4, -0.2) is 47.0 Å². The molecule has 0 aliphatic carbocycles. The minimum atomic E-state index is -1.02. The molecule has 8 heteroatoms. The first kappa shape index (κ1) is 16.3. The largest absolute Gasteiger partial charge is 0.368 e. The molecular weight excluding hydrogens is 342 g/mol. The van der Waals surface area contributed by atoms with Gasteiger partial charge in [0.15, 0.2) is 11.6 Å². The molecule has 0 radical (unpaired) electrons. The number of rotatable bonds is 2. The van der Waals surface area contributed by atoms with Gasteiger partial charge >= 0.3 is 5.69 Å². The van der Waals surface area contributed by atoms with Crippen molar-refractivity contribution in [1.29, 1.82) is 0 Å². The van der Waals surface area contributed by atoms with Gasteiger partial charge in [0.1, 0.15) is 0 Å². The maximum absolute atomic E-state index is 13.3. The summed E-state index contributed by atoms with van der Waals surface area (Å²) < 4.78 is 26.4. The van der Waals surface area contributed by atoms with Crippen LogP contribution >= 0.6 is 0 Å². The van der Waals surface area contributed by atoms with E-state index in [2.05, 4.69) is 14.9 Å². The van der Waals surface area contributed by atoms with E-state index in [0.717, 1.165) is 28.9 Å². The van der Waals surface area contributed by atoms with Gasteiger partial charge in [-0.1, -0.05) is 0 Å². The zero-order chi connectivity index (χ0) is 18.3. The zero-order valence-corrected chi connectivity index (χ0v) is 13.8. The van der Waals surface area contributed by atoms with Crippen molar-refractivity contribution >= 4 is 22.6 Å². The van der Waals surface area contributed by atoms with Crippen LogP contribution in [0, 0.1) is 11.6 Å². The summed E-state index contributed by atoms with van der Waals surface area (Å²) >= 11 is 0. The molecule has 1 aliphatic heterocycles. The normalized spacial score (nSPS) is 14.8. The smallest absolute Gasteiger partial charge is 0.323 e. The summed E-state index contributed by atoms with van der Waals surface area (Å²) in [7, 11) is 0. The van der Waals surface area contributed by atoms with Crippen LogP contribution in [0.3, 0.4) is 0 Å². The third kappa shape index (κ3) is 2.94. The Labute approximate surface area is 147 Å². The van der Waals surface area contributed by atoms with Crippen LogP contribution in [0.1, 0.15) is 10.4 Å². The molecular formula is C18H16F2N4O2. The Morgan fingerprint density at radius 2 is 1.62 bits per heavy atom. The Hall–Kier alpha value is -3.16. The second kappa shape index (κ2) is 6.29. The number of amides is 1. The number of benzene rings is 2. The van der Waals surface area contributed by atoms with Gasteiger partial charge in [0.2, 0.25) is 0 Å². The lowest BCUT2D eigenvalue weighted by atomic mass is 10.1. The van der Waals surface area contributed by atoms with E-state index in [9.17, 15) is 18.4 Å². The average molecular weight is 358 g/mol. The van der Waals surface area contributed by atoms with E-state index >= 15 is 0 Å². The molecule has 1 amide bonds. The molecule has 2 aromatic carbocycles. The molecule has 4 rings (SSSR count). The van der Waals surface area contributed by atoms with Crippen LogP contribution in [0.4, 0.5) is 14.5 Å². The van der Waals surface area contributed by atoms with Crippen LogP contribution in [0.25, 0.3) is 11.0 Å². The Kier molecular flexibility index (Phi) is 3.95. The molecule has 2 N–H and O–H groups in total. The van der Waals surface area contributed by atoms with Crippen molar-refractivity contribution in [3.05, 3.63) is 64.1 Å². The summed E-state index contributed by atoms with van der Waals surface area (Å²) in [5, 5.41) is 0. The molecule has 0 unspecified atom stereocenters. The number of hydrogen-bond acceptors (Lipinski definition) is 3. The van der Waals surface area contributed by atoms with E-state index in [1.807, 2.05) is 18.2 Å². The van der Waals surface area contributed by atoms with Crippen molar-refractivity contribution < 1.29 is 13.6 Å². The number of H-pyrrole nitrogens is 2. The quantitative estimate of drug-likeness (QED) is 0.737. The zero-order valence-electron chi connectivity index (χ0n) is 13.8. The molecule has 3 aromatic rings. The fourth-order valence-electron chi connectivity index (χ4n) is 3.20. The van der Waals surface area contributed by atoms with Gasteiger partial charge in [-0.3, -0.25) is 4.79 Å². The van der Waals surface area contributed by atoms with E-state index < -0.39 is 11.6 Å². The number of halogens is 2. The molecule has 2 heterocycles. The molecule has 0 saturated carbocycles. The van der Waals surface area contributed by atoms with Crippen molar-refractivity contribution in [3.63, 3.8) is 0 Å². The van der Waals surface area contributed by atoms with Crippen LogP contribution in [0.15, 0.2) is 41.2 Å². The predicted molar refractivity (Wildman–Crippen MR) is 93.4 cm³/mol. The molecule has 1 saturated heterocycles. The van der Waals surface area contributed by atoms with Crippen molar-refractivity contribution in [1.82, 2.24) is 14.9 Å². The first-order valence-electron chi connectivity index (χ1n) is 8.22. The highest BCUT2D eigenvalue weighted by atomic mass is 19.2. The van der Waals surface area contributed by atoms with Crippen LogP contribution in [0.5, 0.6) is 0 Å². The summed E-state index contributed by atoms with van der Waals surface area (Å²) in [6.45, 7) is 2.16. The van der Waals surface area contributed by atoms with E-state index in [1.165, 1.54) is 6.07 Å². The number of piperazine rings is 1. The minimum absolute atomic E-state index is 0.142. The third-order valence-corrected chi connectivity index (χ3v) is 4.60. The lowest BCUT2D eigenvalue weighted by molar-refractivity contribution is 0.0746. The van der Waals surface area contributed by atoms with Gasteiger partial charge in [-0.15, -0.1) is 0 Å². The molecule has 1 fully saturated rings. The molecule has 0 bridgehead atoms. The van der Waals surface area contributed by atoms with Crippen molar-refractivity contribution in [2.45, 2.75) is 0 Å². The van der Waals surface area contributed by atoms with Crippen molar-refractivity contribution in [2.24, 2.45) is 0 Å². The van der Waals surface area contributed by atoms with Crippen LogP contribution in [0.2, 0.25) is 0 Å². The van der Waals surface area contributed by atoms with Crippen LogP contribution in [-0.2, 0) is 0 Å². The molecule has 1 aliphatic rings. The van der Waals surface area contributed by atoms with Gasteiger partial charge in [-0.2, -0.15) is 0 Å². The summed E-state index contributed by atoms with van der Waals surface area (Å²) in [6.07, 6.45) is 0. The summed E-state index contributed by atoms with van der Waals surface area (Å²) in [5.41, 5.74) is 2.31. The Morgan fingerprint density at radius 3 is 2.35 bits per heavy atom. The first-order valence-corrected chi connectivity index (χ1v) is 8.22. The van der Waals surface area contributed by atoms with Gasteiger partial charge < -0.3 is 19.8 Å². The molecule has 0 spiro atoms. The number of aromatic nitrogens is 2. The molecule has 1 aromatic heterocycles.